The molecule has 0 fully saturated rings. The molecule has 8 heteroatoms. The molecule has 4 rings (SSSR count). The van der Waals surface area contributed by atoms with Gasteiger partial charge in [0.15, 0.2) is 0 Å². The molecule has 0 spiro atoms. The summed E-state index contributed by atoms with van der Waals surface area (Å²) < 4.78 is 13.3. The van der Waals surface area contributed by atoms with Gasteiger partial charge in [-0.25, -0.2) is 0 Å². The van der Waals surface area contributed by atoms with Crippen molar-refractivity contribution in [2.24, 2.45) is 0 Å². The molecule has 0 saturated carbocycles. The summed E-state index contributed by atoms with van der Waals surface area (Å²) in [5.41, 5.74) is 2.32. The Balaban J connectivity index is 1.42. The zero-order valence-corrected chi connectivity index (χ0v) is 28.6. The third-order valence-electron chi connectivity index (χ3n) is 7.32. The number of halogens is 2. The average Bonchev–Trinajstić information content (AvgIpc) is 3.02. The van der Waals surface area contributed by atoms with E-state index in [-0.39, 0.29) is 11.8 Å². The molecule has 0 bridgehead atoms. The Kier molecular flexibility index (Phi) is 13.1. The molecule has 0 aromatic heterocycles. The van der Waals surface area contributed by atoms with E-state index in [0.29, 0.717) is 35.7 Å². The number of nitrogens with one attached hydrogen (secondary N) is 2. The van der Waals surface area contributed by atoms with Crippen molar-refractivity contribution >= 4 is 65.8 Å². The number of rotatable bonds is 16. The average molecular weight is 725 g/mol. The number of unbranched alkanes of at least 4 members (excludes halogenated alkanes) is 6. The van der Waals surface area contributed by atoms with Crippen molar-refractivity contribution in [3.05, 3.63) is 92.9 Å². The van der Waals surface area contributed by atoms with Gasteiger partial charge in [-0.1, -0.05) is 76.6 Å². The third-order valence-corrected chi connectivity index (χ3v) is 8.56. The van der Waals surface area contributed by atoms with E-state index < -0.39 is 0 Å². The molecule has 6 nitrogen and oxygen atoms in total. The number of anilines is 2. The number of carbonyl (C=O) groups excluding carboxylic acids is 2. The molecule has 4 aromatic carbocycles. The summed E-state index contributed by atoms with van der Waals surface area (Å²) in [6.45, 7) is 5.66. The van der Waals surface area contributed by atoms with Crippen LogP contribution in [0.3, 0.4) is 0 Å². The zero-order chi connectivity index (χ0) is 31.3. The number of benzene rings is 4. The van der Waals surface area contributed by atoms with Crippen molar-refractivity contribution in [3.63, 3.8) is 0 Å². The highest BCUT2D eigenvalue weighted by molar-refractivity contribution is 9.10. The first-order valence-electron chi connectivity index (χ1n) is 15.4. The van der Waals surface area contributed by atoms with Crippen molar-refractivity contribution in [1.29, 1.82) is 0 Å². The van der Waals surface area contributed by atoms with Crippen molar-refractivity contribution in [3.8, 4) is 11.5 Å². The zero-order valence-electron chi connectivity index (χ0n) is 25.4. The highest BCUT2D eigenvalue weighted by Gasteiger charge is 2.15. The van der Waals surface area contributed by atoms with Crippen LogP contribution in [0.15, 0.2) is 81.7 Å². The van der Waals surface area contributed by atoms with E-state index in [0.717, 1.165) is 56.9 Å². The summed E-state index contributed by atoms with van der Waals surface area (Å²) in [5, 5.41) is 7.70. The first-order chi connectivity index (χ1) is 21.4. The second-order valence-electron chi connectivity index (χ2n) is 10.7. The Morgan fingerprint density at radius 1 is 0.591 bits per heavy atom. The molecule has 0 aliphatic heterocycles. The number of amides is 2. The van der Waals surface area contributed by atoms with Crippen LogP contribution in [-0.4, -0.2) is 25.0 Å². The van der Waals surface area contributed by atoms with Gasteiger partial charge in [-0.05, 0) is 93.2 Å². The summed E-state index contributed by atoms with van der Waals surface area (Å²) in [4.78, 5) is 26.4. The maximum Gasteiger partial charge on any atom is 0.255 e. The highest BCUT2D eigenvalue weighted by Crippen LogP contribution is 2.32. The molecule has 0 aliphatic carbocycles. The predicted octanol–water partition coefficient (Wildman–Crippen LogP) is 10.8. The first kappa shape index (κ1) is 33.5. The Bertz CT molecular complexity index is 1460. The minimum Gasteiger partial charge on any atom is -0.492 e. The van der Waals surface area contributed by atoms with E-state index in [9.17, 15) is 9.59 Å². The lowest BCUT2D eigenvalue weighted by Gasteiger charge is -2.14. The Hall–Kier alpha value is -3.36. The first-order valence-corrected chi connectivity index (χ1v) is 17.0. The van der Waals surface area contributed by atoms with E-state index in [1.807, 2.05) is 48.5 Å². The van der Waals surface area contributed by atoms with Gasteiger partial charge in [-0.3, -0.25) is 9.59 Å². The van der Waals surface area contributed by atoms with Gasteiger partial charge in [0.25, 0.3) is 11.8 Å². The van der Waals surface area contributed by atoms with Crippen LogP contribution in [0.1, 0.15) is 85.9 Å². The van der Waals surface area contributed by atoms with Crippen LogP contribution in [0, 0.1) is 0 Å². The molecule has 0 saturated heterocycles. The van der Waals surface area contributed by atoms with Crippen molar-refractivity contribution < 1.29 is 19.1 Å². The molecule has 232 valence electrons. The molecule has 4 aromatic rings. The minimum atomic E-state index is -0.236. The quantitative estimate of drug-likeness (QED) is 0.113. The summed E-state index contributed by atoms with van der Waals surface area (Å²) in [6.07, 6.45) is 9.06. The predicted molar refractivity (Wildman–Crippen MR) is 187 cm³/mol. The van der Waals surface area contributed by atoms with Gasteiger partial charge in [0.2, 0.25) is 0 Å². The number of hydrogen-bond donors (Lipinski definition) is 2. The molecular weight excluding hydrogens is 684 g/mol. The smallest absolute Gasteiger partial charge is 0.255 e. The monoisotopic (exact) mass is 722 g/mol. The summed E-state index contributed by atoms with van der Waals surface area (Å²) >= 11 is 7.09. The molecule has 0 radical (unpaired) electrons. The van der Waals surface area contributed by atoms with E-state index in [2.05, 4.69) is 56.3 Å². The van der Waals surface area contributed by atoms with Crippen molar-refractivity contribution in [1.82, 2.24) is 0 Å². The van der Waals surface area contributed by atoms with Crippen LogP contribution in [0.5, 0.6) is 11.5 Å². The van der Waals surface area contributed by atoms with Gasteiger partial charge in [0.05, 0.1) is 22.2 Å². The van der Waals surface area contributed by atoms with Crippen LogP contribution in [0.2, 0.25) is 0 Å². The van der Waals surface area contributed by atoms with E-state index in [4.69, 9.17) is 9.47 Å². The maximum atomic E-state index is 13.2. The maximum absolute atomic E-state index is 13.2. The van der Waals surface area contributed by atoms with Gasteiger partial charge in [-0.15, -0.1) is 0 Å². The highest BCUT2D eigenvalue weighted by atomic mass is 79.9. The van der Waals surface area contributed by atoms with Gasteiger partial charge < -0.3 is 20.1 Å². The van der Waals surface area contributed by atoms with E-state index in [1.54, 1.807) is 24.3 Å². The fraction of sp³-hybridized carbons (Fsp3) is 0.333. The van der Waals surface area contributed by atoms with Crippen LogP contribution in [0.4, 0.5) is 11.4 Å². The normalized spacial score (nSPS) is 10.9. The number of fused-ring (bicyclic) bond motifs is 1. The summed E-state index contributed by atoms with van der Waals surface area (Å²) in [5.74, 6) is 0.972. The molecular formula is C36H40Br2N2O4. The van der Waals surface area contributed by atoms with Crippen LogP contribution in [0.25, 0.3) is 10.8 Å². The van der Waals surface area contributed by atoms with Gasteiger partial charge in [0.1, 0.15) is 11.5 Å². The molecule has 2 amide bonds. The SMILES string of the molecule is CCCCCCOc1ccc(C(=O)Nc2cccc3c(NC(=O)c4ccc(OCCCCCC)c(Br)c4)cccc23)cc1Br. The van der Waals surface area contributed by atoms with Crippen LogP contribution >= 0.6 is 31.9 Å². The molecule has 0 aliphatic rings. The molecule has 0 atom stereocenters. The van der Waals surface area contributed by atoms with Crippen molar-refractivity contribution in [2.75, 3.05) is 23.8 Å². The van der Waals surface area contributed by atoms with E-state index in [1.165, 1.54) is 25.7 Å². The second-order valence-corrected chi connectivity index (χ2v) is 12.4. The lowest BCUT2D eigenvalue weighted by atomic mass is 10.1. The lowest BCUT2D eigenvalue weighted by Crippen LogP contribution is -2.14. The molecule has 44 heavy (non-hydrogen) atoms. The lowest BCUT2D eigenvalue weighted by molar-refractivity contribution is 0.101. The Morgan fingerprint density at radius 3 is 1.41 bits per heavy atom. The number of carbonyl (C=O) groups is 2. The number of hydrogen-bond acceptors (Lipinski definition) is 4. The van der Waals surface area contributed by atoms with Gasteiger partial charge in [-0.2, -0.15) is 0 Å². The Morgan fingerprint density at radius 2 is 1.02 bits per heavy atom. The summed E-state index contributed by atoms with van der Waals surface area (Å²) in [6, 6.07) is 22.0. The number of ether oxygens (including phenoxy) is 2. The largest absolute Gasteiger partial charge is 0.492 e. The van der Waals surface area contributed by atoms with Crippen LogP contribution in [-0.2, 0) is 0 Å². The summed E-state index contributed by atoms with van der Waals surface area (Å²) in [7, 11) is 0. The van der Waals surface area contributed by atoms with Crippen molar-refractivity contribution in [2.45, 2.75) is 65.2 Å². The molecule has 0 unspecified atom stereocenters. The van der Waals surface area contributed by atoms with Gasteiger partial charge in [0, 0.05) is 33.3 Å². The second kappa shape index (κ2) is 17.2. The van der Waals surface area contributed by atoms with Crippen LogP contribution < -0.4 is 20.1 Å². The third kappa shape index (κ3) is 9.32. The minimum absolute atomic E-state index is 0.236. The van der Waals surface area contributed by atoms with Gasteiger partial charge >= 0.3 is 0 Å². The fourth-order valence-electron chi connectivity index (χ4n) is 4.86. The standard InChI is InChI=1S/C36H40Br2N2O4/c1-3-5-7-9-21-43-33-19-17-25(23-29(33)37)35(41)39-31-15-11-14-28-27(31)13-12-16-32(28)40-36(42)26-18-20-34(30(38)24-26)44-22-10-8-6-4-2/h11-20,23-24H,3-10,21-22H2,1-2H3,(H,39,41)(H,40,42). The fourth-order valence-corrected chi connectivity index (χ4v) is 5.84. The Labute approximate surface area is 277 Å². The topological polar surface area (TPSA) is 76.7 Å². The van der Waals surface area contributed by atoms with E-state index >= 15 is 0 Å². The molecule has 2 N–H and O–H groups in total. The molecule has 0 heterocycles.